The highest BCUT2D eigenvalue weighted by molar-refractivity contribution is 7.10. The first-order valence-electron chi connectivity index (χ1n) is 5.92. The molecule has 1 unspecified atom stereocenters. The van der Waals surface area contributed by atoms with Gasteiger partial charge in [0.15, 0.2) is 0 Å². The van der Waals surface area contributed by atoms with E-state index in [1.54, 1.807) is 11.3 Å². The van der Waals surface area contributed by atoms with Crippen molar-refractivity contribution in [2.75, 3.05) is 6.54 Å². The molecule has 0 spiro atoms. The fourth-order valence-electron chi connectivity index (χ4n) is 2.02. The Morgan fingerprint density at radius 3 is 2.82 bits per heavy atom. The average Bonchev–Trinajstić information content (AvgIpc) is 2.80. The van der Waals surface area contributed by atoms with Crippen molar-refractivity contribution in [3.8, 4) is 0 Å². The monoisotopic (exact) mass is 246 g/mol. The molecule has 0 bridgehead atoms. The fraction of sp³-hybridized carbons (Fsp3) is 0.357. The van der Waals surface area contributed by atoms with E-state index in [1.165, 1.54) is 16.0 Å². The van der Waals surface area contributed by atoms with Crippen LogP contribution in [-0.2, 0) is 0 Å². The van der Waals surface area contributed by atoms with E-state index in [9.17, 15) is 0 Å². The number of hydrogen-bond acceptors (Lipinski definition) is 3. The van der Waals surface area contributed by atoms with E-state index in [2.05, 4.69) is 54.7 Å². The summed E-state index contributed by atoms with van der Waals surface area (Å²) < 4.78 is 0. The molecule has 2 aromatic heterocycles. The minimum Gasteiger partial charge on any atom is -0.305 e. The molecule has 0 amide bonds. The zero-order valence-electron chi connectivity index (χ0n) is 10.5. The minimum atomic E-state index is 0.223. The molecular formula is C14H18N2S. The van der Waals surface area contributed by atoms with E-state index in [-0.39, 0.29) is 6.04 Å². The lowest BCUT2D eigenvalue weighted by Crippen LogP contribution is -2.23. The lowest BCUT2D eigenvalue weighted by Gasteiger charge is -2.18. The Kier molecular flexibility index (Phi) is 3.92. The van der Waals surface area contributed by atoms with Crippen LogP contribution < -0.4 is 5.32 Å². The van der Waals surface area contributed by atoms with Gasteiger partial charge in [-0.3, -0.25) is 4.98 Å². The average molecular weight is 246 g/mol. The molecule has 2 aromatic rings. The van der Waals surface area contributed by atoms with Crippen molar-refractivity contribution in [3.05, 3.63) is 51.5 Å². The lowest BCUT2D eigenvalue weighted by molar-refractivity contribution is 0.620. The zero-order chi connectivity index (χ0) is 12.3. The van der Waals surface area contributed by atoms with Crippen molar-refractivity contribution < 1.29 is 0 Å². The maximum Gasteiger partial charge on any atom is 0.0847 e. The molecule has 1 atom stereocenters. The van der Waals surface area contributed by atoms with Crippen molar-refractivity contribution in [1.29, 1.82) is 0 Å². The van der Waals surface area contributed by atoms with Crippen molar-refractivity contribution in [2.24, 2.45) is 0 Å². The van der Waals surface area contributed by atoms with Gasteiger partial charge in [0, 0.05) is 11.1 Å². The van der Waals surface area contributed by atoms with E-state index >= 15 is 0 Å². The molecule has 0 fully saturated rings. The summed E-state index contributed by atoms with van der Waals surface area (Å²) in [4.78, 5) is 5.92. The molecule has 2 rings (SSSR count). The molecular weight excluding hydrogens is 228 g/mol. The van der Waals surface area contributed by atoms with Gasteiger partial charge in [-0.05, 0) is 43.0 Å². The molecule has 0 saturated heterocycles. The van der Waals surface area contributed by atoms with E-state index in [0.717, 1.165) is 12.2 Å². The largest absolute Gasteiger partial charge is 0.305 e. The van der Waals surface area contributed by atoms with Crippen LogP contribution in [0.2, 0.25) is 0 Å². The molecule has 0 aliphatic carbocycles. The third-order valence-electron chi connectivity index (χ3n) is 2.76. The Hall–Kier alpha value is -1.19. The normalized spacial score (nSPS) is 12.6. The van der Waals surface area contributed by atoms with Crippen LogP contribution in [0.15, 0.2) is 29.8 Å². The minimum absolute atomic E-state index is 0.223. The second-order valence-corrected chi connectivity index (χ2v) is 5.20. The van der Waals surface area contributed by atoms with E-state index in [4.69, 9.17) is 0 Å². The molecule has 0 aliphatic rings. The van der Waals surface area contributed by atoms with Crippen molar-refractivity contribution in [3.63, 3.8) is 0 Å². The number of aromatic nitrogens is 1. The van der Waals surface area contributed by atoms with Crippen LogP contribution in [0.5, 0.6) is 0 Å². The van der Waals surface area contributed by atoms with Gasteiger partial charge in [-0.15, -0.1) is 11.3 Å². The van der Waals surface area contributed by atoms with Gasteiger partial charge in [-0.2, -0.15) is 0 Å². The van der Waals surface area contributed by atoms with Crippen molar-refractivity contribution in [1.82, 2.24) is 10.3 Å². The summed E-state index contributed by atoms with van der Waals surface area (Å²) in [6.45, 7) is 7.28. The maximum absolute atomic E-state index is 4.60. The molecule has 0 saturated carbocycles. The molecule has 1 N–H and O–H groups in total. The van der Waals surface area contributed by atoms with Gasteiger partial charge in [0.05, 0.1) is 11.7 Å². The van der Waals surface area contributed by atoms with E-state index in [1.807, 2.05) is 6.20 Å². The SMILES string of the molecule is CCNC(c1cccs1)c1ncc(C)cc1C. The highest BCUT2D eigenvalue weighted by Crippen LogP contribution is 2.26. The first kappa shape index (κ1) is 12.3. The van der Waals surface area contributed by atoms with Crippen molar-refractivity contribution in [2.45, 2.75) is 26.8 Å². The first-order valence-corrected chi connectivity index (χ1v) is 6.80. The Bertz CT molecular complexity index is 477. The van der Waals surface area contributed by atoms with Crippen LogP contribution in [0.25, 0.3) is 0 Å². The fourth-order valence-corrected chi connectivity index (χ4v) is 2.82. The van der Waals surface area contributed by atoms with Gasteiger partial charge >= 0.3 is 0 Å². The number of pyridine rings is 1. The number of nitrogens with one attached hydrogen (secondary N) is 1. The highest BCUT2D eigenvalue weighted by atomic mass is 32.1. The number of hydrogen-bond donors (Lipinski definition) is 1. The number of aryl methyl sites for hydroxylation is 2. The van der Waals surface area contributed by atoms with Gasteiger partial charge in [-0.1, -0.05) is 19.1 Å². The molecule has 2 heterocycles. The van der Waals surface area contributed by atoms with Gasteiger partial charge in [0.25, 0.3) is 0 Å². The smallest absolute Gasteiger partial charge is 0.0847 e. The second kappa shape index (κ2) is 5.43. The summed E-state index contributed by atoms with van der Waals surface area (Å²) >= 11 is 1.78. The van der Waals surface area contributed by atoms with Crippen LogP contribution in [-0.4, -0.2) is 11.5 Å². The Labute approximate surface area is 107 Å². The van der Waals surface area contributed by atoms with Gasteiger partial charge in [-0.25, -0.2) is 0 Å². The summed E-state index contributed by atoms with van der Waals surface area (Å²) in [5.74, 6) is 0. The quantitative estimate of drug-likeness (QED) is 0.893. The second-order valence-electron chi connectivity index (χ2n) is 4.22. The molecule has 0 aliphatic heterocycles. The molecule has 2 nitrogen and oxygen atoms in total. The third-order valence-corrected chi connectivity index (χ3v) is 3.70. The number of thiophene rings is 1. The molecule has 17 heavy (non-hydrogen) atoms. The van der Waals surface area contributed by atoms with Gasteiger partial charge < -0.3 is 5.32 Å². The van der Waals surface area contributed by atoms with Gasteiger partial charge in [0.2, 0.25) is 0 Å². The topological polar surface area (TPSA) is 24.9 Å². The van der Waals surface area contributed by atoms with Crippen LogP contribution in [0.4, 0.5) is 0 Å². The molecule has 0 aromatic carbocycles. The van der Waals surface area contributed by atoms with E-state index < -0.39 is 0 Å². The zero-order valence-corrected chi connectivity index (χ0v) is 11.3. The maximum atomic E-state index is 4.60. The number of rotatable bonds is 4. The highest BCUT2D eigenvalue weighted by Gasteiger charge is 2.17. The summed E-state index contributed by atoms with van der Waals surface area (Å²) in [6.07, 6.45) is 1.94. The standard InChI is InChI=1S/C14H18N2S/c1-4-15-14(12-6-5-7-17-12)13-11(3)8-10(2)9-16-13/h5-9,14-15H,4H2,1-3H3. The predicted octanol–water partition coefficient (Wildman–Crippen LogP) is 3.46. The van der Waals surface area contributed by atoms with Gasteiger partial charge in [0.1, 0.15) is 0 Å². The third kappa shape index (κ3) is 2.73. The predicted molar refractivity (Wildman–Crippen MR) is 73.5 cm³/mol. The van der Waals surface area contributed by atoms with E-state index in [0.29, 0.717) is 0 Å². The lowest BCUT2D eigenvalue weighted by atomic mass is 10.1. The molecule has 0 radical (unpaired) electrons. The summed E-state index contributed by atoms with van der Waals surface area (Å²) in [5.41, 5.74) is 3.61. The Morgan fingerprint density at radius 1 is 1.41 bits per heavy atom. The summed E-state index contributed by atoms with van der Waals surface area (Å²) in [6, 6.07) is 6.67. The van der Waals surface area contributed by atoms with Crippen LogP contribution >= 0.6 is 11.3 Å². The molecule has 3 heteroatoms. The van der Waals surface area contributed by atoms with Crippen LogP contribution in [0.1, 0.15) is 34.7 Å². The summed E-state index contributed by atoms with van der Waals surface area (Å²) in [5, 5.41) is 5.62. The van der Waals surface area contributed by atoms with Crippen molar-refractivity contribution >= 4 is 11.3 Å². The Morgan fingerprint density at radius 2 is 2.24 bits per heavy atom. The summed E-state index contributed by atoms with van der Waals surface area (Å²) in [7, 11) is 0. The van der Waals surface area contributed by atoms with Crippen LogP contribution in [0.3, 0.4) is 0 Å². The Balaban J connectivity index is 2.39. The first-order chi connectivity index (χ1) is 8.22. The van der Waals surface area contributed by atoms with Crippen LogP contribution in [0, 0.1) is 13.8 Å². The number of nitrogens with zero attached hydrogens (tertiary/aromatic N) is 1. The molecule has 90 valence electrons.